The molecule has 1 aliphatic rings. The van der Waals surface area contributed by atoms with Gasteiger partial charge in [-0.2, -0.15) is 0 Å². The number of hydrogen-bond acceptors (Lipinski definition) is 4. The van der Waals surface area contributed by atoms with E-state index < -0.39 is 5.60 Å². The van der Waals surface area contributed by atoms with Crippen LogP contribution in [0.15, 0.2) is 42.5 Å². The Morgan fingerprint density at radius 3 is 2.78 bits per heavy atom. The third kappa shape index (κ3) is 5.64. The minimum Gasteiger partial charge on any atom is -0.455 e. The van der Waals surface area contributed by atoms with Crippen LogP contribution >= 0.6 is 11.6 Å². The highest BCUT2D eigenvalue weighted by atomic mass is 35.5. The van der Waals surface area contributed by atoms with Gasteiger partial charge in [-0.15, -0.1) is 0 Å². The molecule has 0 aromatic heterocycles. The number of ether oxygens (including phenoxy) is 2. The number of amides is 1. The maximum atomic E-state index is 12.2. The van der Waals surface area contributed by atoms with E-state index in [1.54, 1.807) is 18.1 Å². The number of hydrogen-bond donors (Lipinski definition) is 1. The first-order chi connectivity index (χ1) is 15.5. The first kappa shape index (κ1) is 24.6. The molecule has 0 spiro atoms. The van der Waals surface area contributed by atoms with Crippen LogP contribution in [-0.4, -0.2) is 43.2 Å². The molecule has 6 heteroatoms. The number of aliphatic hydroxyl groups is 1. The van der Waals surface area contributed by atoms with Gasteiger partial charge in [0.1, 0.15) is 5.75 Å². The number of unbranched alkanes of at least 4 members (excludes halogenated alkanes) is 1. The summed E-state index contributed by atoms with van der Waals surface area (Å²) >= 11 is 6.64. The number of benzene rings is 2. The molecule has 1 aliphatic heterocycles. The van der Waals surface area contributed by atoms with Gasteiger partial charge in [0.2, 0.25) is 6.41 Å². The third-order valence-corrected chi connectivity index (χ3v) is 6.73. The van der Waals surface area contributed by atoms with Crippen molar-refractivity contribution in [1.29, 1.82) is 0 Å². The van der Waals surface area contributed by atoms with Gasteiger partial charge in [0.15, 0.2) is 5.75 Å². The monoisotopic (exact) mass is 459 g/mol. The molecule has 0 aliphatic carbocycles. The van der Waals surface area contributed by atoms with Crippen molar-refractivity contribution >= 4 is 18.0 Å². The predicted molar refractivity (Wildman–Crippen MR) is 127 cm³/mol. The summed E-state index contributed by atoms with van der Waals surface area (Å²) < 4.78 is 11.6. The molecule has 0 saturated carbocycles. The van der Waals surface area contributed by atoms with Crippen LogP contribution in [0.2, 0.25) is 5.02 Å². The lowest BCUT2D eigenvalue weighted by atomic mass is 9.73. The van der Waals surface area contributed by atoms with Crippen LogP contribution < -0.4 is 4.74 Å². The molecule has 2 aromatic carbocycles. The predicted octanol–water partition coefficient (Wildman–Crippen LogP) is 5.57. The molecular weight excluding hydrogens is 426 g/mol. The van der Waals surface area contributed by atoms with Gasteiger partial charge in [-0.3, -0.25) is 4.79 Å². The average Bonchev–Trinajstić information content (AvgIpc) is 2.83. The maximum absolute atomic E-state index is 12.2. The summed E-state index contributed by atoms with van der Waals surface area (Å²) in [6.45, 7) is 3.96. The summed E-state index contributed by atoms with van der Waals surface area (Å²) in [5.41, 5.74) is 0.592. The largest absolute Gasteiger partial charge is 0.455 e. The lowest BCUT2D eigenvalue weighted by Crippen LogP contribution is -2.46. The van der Waals surface area contributed by atoms with Crippen molar-refractivity contribution < 1.29 is 19.4 Å². The van der Waals surface area contributed by atoms with Gasteiger partial charge in [-0.1, -0.05) is 48.9 Å². The first-order valence-corrected chi connectivity index (χ1v) is 11.9. The van der Waals surface area contributed by atoms with E-state index in [1.165, 1.54) is 0 Å². The molecule has 2 atom stereocenters. The summed E-state index contributed by atoms with van der Waals surface area (Å²) in [5.74, 6) is 1.13. The molecule has 1 amide bonds. The molecule has 0 unspecified atom stereocenters. The van der Waals surface area contributed by atoms with Gasteiger partial charge in [-0.05, 0) is 56.2 Å². The minimum atomic E-state index is -1.17. The van der Waals surface area contributed by atoms with E-state index in [1.807, 2.05) is 36.4 Å². The third-order valence-electron chi connectivity index (χ3n) is 6.43. The normalized spacial score (nSPS) is 18.2. The summed E-state index contributed by atoms with van der Waals surface area (Å²) in [7, 11) is 1.68. The quantitative estimate of drug-likeness (QED) is 0.352. The highest BCUT2D eigenvalue weighted by molar-refractivity contribution is 6.32. The fraction of sp³-hybridized carbons (Fsp3) is 0.500. The Morgan fingerprint density at radius 2 is 2.03 bits per heavy atom. The molecule has 0 bridgehead atoms. The summed E-state index contributed by atoms with van der Waals surface area (Å²) in [5, 5.41) is 12.7. The van der Waals surface area contributed by atoms with Crippen molar-refractivity contribution in [2.24, 2.45) is 5.92 Å². The highest BCUT2D eigenvalue weighted by Crippen LogP contribution is 2.46. The topological polar surface area (TPSA) is 59.0 Å². The van der Waals surface area contributed by atoms with E-state index in [0.29, 0.717) is 35.9 Å². The Balaban J connectivity index is 2.01. The number of methoxy groups -OCH3 is 1. The van der Waals surface area contributed by atoms with E-state index in [4.69, 9.17) is 21.1 Å². The second-order valence-electron chi connectivity index (χ2n) is 8.49. The Morgan fingerprint density at radius 1 is 1.22 bits per heavy atom. The number of rotatable bonds is 11. The average molecular weight is 460 g/mol. The van der Waals surface area contributed by atoms with E-state index in [-0.39, 0.29) is 5.92 Å². The van der Waals surface area contributed by atoms with Crippen LogP contribution in [0, 0.1) is 5.92 Å². The second kappa shape index (κ2) is 11.7. The van der Waals surface area contributed by atoms with E-state index >= 15 is 0 Å². The zero-order valence-electron chi connectivity index (χ0n) is 19.1. The van der Waals surface area contributed by atoms with Crippen molar-refractivity contribution in [3.63, 3.8) is 0 Å². The SMILES string of the molecule is CCc1ccccc1Oc1c(Cl)cccc1[C@](O)(CCCCOC)[C@@H]1CCCN(C=O)C1. The number of carbonyl (C=O) groups excluding carboxylic acids is 1. The zero-order valence-corrected chi connectivity index (χ0v) is 19.8. The van der Waals surface area contributed by atoms with Gasteiger partial charge in [0, 0.05) is 38.3 Å². The van der Waals surface area contributed by atoms with Crippen LogP contribution in [0.4, 0.5) is 0 Å². The molecule has 1 saturated heterocycles. The number of aryl methyl sites for hydroxylation is 1. The van der Waals surface area contributed by atoms with Gasteiger partial charge in [0.25, 0.3) is 0 Å². The summed E-state index contributed by atoms with van der Waals surface area (Å²) in [6.07, 6.45) is 5.58. The second-order valence-corrected chi connectivity index (χ2v) is 8.90. The van der Waals surface area contributed by atoms with E-state index in [9.17, 15) is 9.90 Å². The molecule has 174 valence electrons. The van der Waals surface area contributed by atoms with E-state index in [2.05, 4.69) is 6.92 Å². The Kier molecular flexibility index (Phi) is 8.97. The molecule has 1 heterocycles. The molecule has 2 aromatic rings. The van der Waals surface area contributed by atoms with Crippen LogP contribution in [0.5, 0.6) is 11.5 Å². The Labute approximate surface area is 196 Å². The lowest BCUT2D eigenvalue weighted by Gasteiger charge is -2.42. The van der Waals surface area contributed by atoms with Crippen molar-refractivity contribution in [1.82, 2.24) is 4.90 Å². The molecule has 0 radical (unpaired) electrons. The molecule has 32 heavy (non-hydrogen) atoms. The molecule has 1 fully saturated rings. The van der Waals surface area contributed by atoms with Crippen molar-refractivity contribution in [3.8, 4) is 11.5 Å². The standard InChI is InChI=1S/C26H34ClNO4/c1-3-20-10-4-5-14-24(20)32-25-22(12-8-13-23(25)27)26(30,15-6-7-17-31-2)21-11-9-16-28(18-21)19-29/h4-5,8,10,12-14,19,21,30H,3,6-7,9,11,15-18H2,1-2H3/t21-,26+/m1/s1. The number of carbonyl (C=O) groups is 1. The smallest absolute Gasteiger partial charge is 0.209 e. The molecule has 5 nitrogen and oxygen atoms in total. The van der Waals surface area contributed by atoms with Crippen LogP contribution in [0.1, 0.15) is 50.2 Å². The Bertz CT molecular complexity index is 890. The fourth-order valence-corrected chi connectivity index (χ4v) is 4.86. The van der Waals surface area contributed by atoms with Crippen LogP contribution in [0.3, 0.4) is 0 Å². The number of nitrogens with zero attached hydrogens (tertiary/aromatic N) is 1. The summed E-state index contributed by atoms with van der Waals surface area (Å²) in [6, 6.07) is 13.4. The maximum Gasteiger partial charge on any atom is 0.209 e. The van der Waals surface area contributed by atoms with Crippen molar-refractivity contribution in [3.05, 3.63) is 58.6 Å². The van der Waals surface area contributed by atoms with E-state index in [0.717, 1.165) is 56.4 Å². The van der Waals surface area contributed by atoms with Gasteiger partial charge in [0.05, 0.1) is 10.6 Å². The first-order valence-electron chi connectivity index (χ1n) is 11.5. The van der Waals surface area contributed by atoms with Crippen molar-refractivity contribution in [2.45, 2.75) is 51.0 Å². The van der Waals surface area contributed by atoms with Gasteiger partial charge in [-0.25, -0.2) is 0 Å². The number of piperidine rings is 1. The summed E-state index contributed by atoms with van der Waals surface area (Å²) in [4.78, 5) is 13.2. The number of para-hydroxylation sites is 2. The van der Waals surface area contributed by atoms with Gasteiger partial charge < -0.3 is 19.5 Å². The molecular formula is C26H34ClNO4. The highest BCUT2D eigenvalue weighted by Gasteiger charge is 2.42. The fourth-order valence-electron chi connectivity index (χ4n) is 4.65. The van der Waals surface area contributed by atoms with Crippen LogP contribution in [-0.2, 0) is 21.6 Å². The molecule has 1 N–H and O–H groups in total. The zero-order chi connectivity index (χ0) is 23.0. The van der Waals surface area contributed by atoms with Crippen molar-refractivity contribution in [2.75, 3.05) is 26.8 Å². The van der Waals surface area contributed by atoms with Crippen LogP contribution in [0.25, 0.3) is 0 Å². The number of likely N-dealkylation sites (tertiary alicyclic amines) is 1. The number of halogens is 1. The van der Waals surface area contributed by atoms with Gasteiger partial charge >= 0.3 is 0 Å². The molecule has 3 rings (SSSR count). The lowest BCUT2D eigenvalue weighted by molar-refractivity contribution is -0.123. The minimum absolute atomic E-state index is 0.105. The Hall–Kier alpha value is -2.08.